The molecule has 0 amide bonds. The van der Waals surface area contributed by atoms with Crippen molar-refractivity contribution in [3.05, 3.63) is 104 Å². The third-order valence-electron chi connectivity index (χ3n) is 4.04. The van der Waals surface area contributed by atoms with E-state index in [4.69, 9.17) is 0 Å². The highest BCUT2D eigenvalue weighted by Gasteiger charge is 2.19. The lowest BCUT2D eigenvalue weighted by atomic mass is 9.96. The Balaban J connectivity index is 1.68. The van der Waals surface area contributed by atoms with E-state index in [0.717, 1.165) is 23.1 Å². The quantitative estimate of drug-likeness (QED) is 0.680. The first-order valence-electron chi connectivity index (χ1n) is 7.78. The van der Waals surface area contributed by atoms with Crippen molar-refractivity contribution in [1.82, 2.24) is 9.78 Å². The zero-order valence-electron chi connectivity index (χ0n) is 13.0. The molecule has 24 heavy (non-hydrogen) atoms. The second-order valence-electron chi connectivity index (χ2n) is 5.58. The predicted octanol–water partition coefficient (Wildman–Crippen LogP) is 4.11. The minimum atomic E-state index is 0.583. The van der Waals surface area contributed by atoms with Gasteiger partial charge in [0, 0.05) is 17.7 Å². The van der Waals surface area contributed by atoms with Crippen molar-refractivity contribution < 1.29 is 4.79 Å². The number of para-hydroxylation sites is 1. The first-order chi connectivity index (χ1) is 11.8. The number of hydrogen-bond donors (Lipinski definition) is 0. The van der Waals surface area contributed by atoms with Gasteiger partial charge in [-0.2, -0.15) is 5.10 Å². The topological polar surface area (TPSA) is 34.9 Å². The molecule has 1 aromatic heterocycles. The molecule has 0 spiro atoms. The van der Waals surface area contributed by atoms with Crippen molar-refractivity contribution in [3.8, 4) is 16.9 Å². The zero-order valence-corrected chi connectivity index (χ0v) is 13.0. The molecule has 0 bridgehead atoms. The highest BCUT2D eigenvalue weighted by atomic mass is 16.1. The van der Waals surface area contributed by atoms with E-state index < -0.39 is 0 Å². The Morgan fingerprint density at radius 1 is 0.833 bits per heavy atom. The minimum absolute atomic E-state index is 0.583. The molecule has 0 unspecified atom stereocenters. The SMILES string of the molecule is O=Cc1cn(-c2ccccc2)nc1-c1ccc([C]2[CH][CH][CH][CH]2)cc1. The van der Waals surface area contributed by atoms with Gasteiger partial charge in [0.2, 0.25) is 0 Å². The Morgan fingerprint density at radius 2 is 1.50 bits per heavy atom. The van der Waals surface area contributed by atoms with Crippen LogP contribution in [-0.2, 0) is 0 Å². The zero-order chi connectivity index (χ0) is 16.4. The molecule has 2 aromatic carbocycles. The first kappa shape index (κ1) is 14.9. The maximum atomic E-state index is 11.4. The monoisotopic (exact) mass is 311 g/mol. The fraction of sp³-hybridized carbons (Fsp3) is 0. The van der Waals surface area contributed by atoms with Crippen molar-refractivity contribution in [1.29, 1.82) is 0 Å². The molecule has 1 aliphatic carbocycles. The van der Waals surface area contributed by atoms with Crippen molar-refractivity contribution >= 4 is 6.29 Å². The number of rotatable bonds is 4. The number of nitrogens with zero attached hydrogens (tertiary/aromatic N) is 2. The van der Waals surface area contributed by atoms with Gasteiger partial charge in [-0.15, -0.1) is 0 Å². The second kappa shape index (κ2) is 6.44. The average Bonchev–Trinajstić information content (AvgIpc) is 3.32. The van der Waals surface area contributed by atoms with E-state index in [2.05, 4.69) is 30.1 Å². The molecule has 1 saturated carbocycles. The summed E-state index contributed by atoms with van der Waals surface area (Å²) in [4.78, 5) is 11.4. The van der Waals surface area contributed by atoms with Crippen molar-refractivity contribution in [2.75, 3.05) is 0 Å². The fourth-order valence-corrected chi connectivity index (χ4v) is 2.80. The van der Waals surface area contributed by atoms with E-state index in [1.807, 2.05) is 55.3 Å². The lowest BCUT2D eigenvalue weighted by molar-refractivity contribution is 0.112. The minimum Gasteiger partial charge on any atom is -0.298 e. The van der Waals surface area contributed by atoms with Crippen molar-refractivity contribution in [2.24, 2.45) is 0 Å². The standard InChI is InChI=1S/C21H15N2O/c24-15-19-14-23(20-8-2-1-3-9-20)22-21(19)18-12-10-17(11-13-18)16-6-4-5-7-16/h1-15H. The molecule has 1 fully saturated rings. The molecular weight excluding hydrogens is 296 g/mol. The molecule has 1 aliphatic rings. The molecule has 3 heteroatoms. The number of benzene rings is 2. The summed E-state index contributed by atoms with van der Waals surface area (Å²) in [5.41, 5.74) is 4.30. The third kappa shape index (κ3) is 2.78. The van der Waals surface area contributed by atoms with Crippen LogP contribution in [0.5, 0.6) is 0 Å². The summed E-state index contributed by atoms with van der Waals surface area (Å²) in [5, 5.41) is 4.60. The summed E-state index contributed by atoms with van der Waals surface area (Å²) in [6.45, 7) is 0. The van der Waals surface area contributed by atoms with Crippen LogP contribution in [0.4, 0.5) is 0 Å². The highest BCUT2D eigenvalue weighted by Crippen LogP contribution is 2.31. The van der Waals surface area contributed by atoms with Crippen LogP contribution in [0.25, 0.3) is 16.9 Å². The maximum absolute atomic E-state index is 11.4. The Kier molecular flexibility index (Phi) is 3.99. The van der Waals surface area contributed by atoms with Gasteiger partial charge in [-0.25, -0.2) is 4.68 Å². The van der Waals surface area contributed by atoms with Crippen LogP contribution in [0.2, 0.25) is 0 Å². The van der Waals surface area contributed by atoms with Crippen molar-refractivity contribution in [3.63, 3.8) is 0 Å². The second-order valence-corrected chi connectivity index (χ2v) is 5.58. The van der Waals surface area contributed by atoms with Gasteiger partial charge in [0.15, 0.2) is 6.29 Å². The Bertz CT molecular complexity index is 828. The molecule has 4 rings (SSSR count). The normalized spacial score (nSPS) is 14.8. The van der Waals surface area contributed by atoms with E-state index in [9.17, 15) is 4.79 Å². The van der Waals surface area contributed by atoms with Crippen LogP contribution < -0.4 is 0 Å². The summed E-state index contributed by atoms with van der Waals surface area (Å²) in [6.07, 6.45) is 10.8. The summed E-state index contributed by atoms with van der Waals surface area (Å²) in [6, 6.07) is 17.9. The number of carbonyl (C=O) groups is 1. The lowest BCUT2D eigenvalue weighted by Gasteiger charge is -2.08. The van der Waals surface area contributed by atoms with Gasteiger partial charge in [-0.05, 0) is 43.4 Å². The molecule has 0 atom stereocenters. The lowest BCUT2D eigenvalue weighted by Crippen LogP contribution is -1.95. The summed E-state index contributed by atoms with van der Waals surface area (Å²) >= 11 is 0. The van der Waals surface area contributed by atoms with Crippen LogP contribution in [-0.4, -0.2) is 16.1 Å². The molecule has 1 heterocycles. The molecule has 3 nitrogen and oxygen atoms in total. The molecule has 3 aromatic rings. The van der Waals surface area contributed by atoms with Gasteiger partial charge < -0.3 is 0 Å². The number of aldehydes is 1. The Morgan fingerprint density at radius 3 is 2.17 bits per heavy atom. The van der Waals surface area contributed by atoms with E-state index in [1.54, 1.807) is 10.9 Å². The molecule has 0 aliphatic heterocycles. The molecule has 5 radical (unpaired) electrons. The number of hydrogen-bond acceptors (Lipinski definition) is 2. The summed E-state index contributed by atoms with van der Waals surface area (Å²) < 4.78 is 1.74. The maximum Gasteiger partial charge on any atom is 0.153 e. The molecule has 115 valence electrons. The first-order valence-corrected chi connectivity index (χ1v) is 7.78. The van der Waals surface area contributed by atoms with Crippen molar-refractivity contribution in [2.45, 2.75) is 0 Å². The van der Waals surface area contributed by atoms with Crippen LogP contribution in [0.15, 0.2) is 60.8 Å². The van der Waals surface area contributed by atoms with Crippen LogP contribution >= 0.6 is 0 Å². The van der Waals surface area contributed by atoms with E-state index in [0.29, 0.717) is 11.3 Å². The van der Waals surface area contributed by atoms with Gasteiger partial charge in [-0.1, -0.05) is 42.5 Å². The van der Waals surface area contributed by atoms with Gasteiger partial charge in [0.05, 0.1) is 11.3 Å². The van der Waals surface area contributed by atoms with E-state index in [-0.39, 0.29) is 0 Å². The number of aromatic nitrogens is 2. The highest BCUT2D eigenvalue weighted by molar-refractivity contribution is 5.85. The van der Waals surface area contributed by atoms with Crippen LogP contribution in [0.1, 0.15) is 15.9 Å². The predicted molar refractivity (Wildman–Crippen MR) is 93.9 cm³/mol. The van der Waals surface area contributed by atoms with E-state index >= 15 is 0 Å². The smallest absolute Gasteiger partial charge is 0.153 e. The van der Waals surface area contributed by atoms with Gasteiger partial charge in [0.25, 0.3) is 0 Å². The third-order valence-corrected chi connectivity index (χ3v) is 4.04. The van der Waals surface area contributed by atoms with E-state index in [1.165, 1.54) is 5.92 Å². The van der Waals surface area contributed by atoms with Crippen LogP contribution in [0, 0.1) is 31.6 Å². The number of carbonyl (C=O) groups excluding carboxylic acids is 1. The Hall–Kier alpha value is -2.68. The largest absolute Gasteiger partial charge is 0.298 e. The average molecular weight is 311 g/mol. The molecule has 0 saturated heterocycles. The van der Waals surface area contributed by atoms with Gasteiger partial charge >= 0.3 is 0 Å². The van der Waals surface area contributed by atoms with Gasteiger partial charge in [0.1, 0.15) is 5.69 Å². The van der Waals surface area contributed by atoms with Crippen LogP contribution in [0.3, 0.4) is 0 Å². The summed E-state index contributed by atoms with van der Waals surface area (Å²) in [5.74, 6) is 1.19. The molecular formula is C21H15N2O. The summed E-state index contributed by atoms with van der Waals surface area (Å²) in [7, 11) is 0. The van der Waals surface area contributed by atoms with Gasteiger partial charge in [-0.3, -0.25) is 4.79 Å². The fourth-order valence-electron chi connectivity index (χ4n) is 2.80. The Labute approximate surface area is 141 Å². The molecule has 0 N–H and O–H groups in total.